The van der Waals surface area contributed by atoms with Crippen LogP contribution in [0.2, 0.25) is 5.02 Å². The van der Waals surface area contributed by atoms with Gasteiger partial charge in [0.25, 0.3) is 5.91 Å². The topological polar surface area (TPSA) is 88.2 Å². The molecule has 1 saturated heterocycles. The number of carbonyl (C=O) groups is 1. The van der Waals surface area contributed by atoms with Gasteiger partial charge in [-0.05, 0) is 42.8 Å². The molecule has 0 bridgehead atoms. The monoisotopic (exact) mass is 365 g/mol. The molecule has 1 aliphatic rings. The average molecular weight is 366 g/mol. The van der Waals surface area contributed by atoms with E-state index < -0.39 is 9.84 Å². The number of benzene rings is 1. The van der Waals surface area contributed by atoms with Gasteiger partial charge in [-0.2, -0.15) is 0 Å². The van der Waals surface area contributed by atoms with Crippen molar-refractivity contribution in [2.75, 3.05) is 22.1 Å². The van der Waals surface area contributed by atoms with Crippen LogP contribution in [-0.2, 0) is 9.84 Å². The van der Waals surface area contributed by atoms with Gasteiger partial charge in [0, 0.05) is 16.8 Å². The van der Waals surface area contributed by atoms with Crippen molar-refractivity contribution in [3.8, 4) is 0 Å². The Morgan fingerprint density at radius 2 is 1.83 bits per heavy atom. The smallest absolute Gasteiger partial charge is 0.274 e. The number of aromatic nitrogens is 1. The van der Waals surface area contributed by atoms with Crippen LogP contribution in [0, 0.1) is 0 Å². The van der Waals surface area contributed by atoms with Crippen molar-refractivity contribution in [1.29, 1.82) is 0 Å². The van der Waals surface area contributed by atoms with Gasteiger partial charge in [-0.15, -0.1) is 0 Å². The largest absolute Gasteiger partial charge is 0.380 e. The Hall–Kier alpha value is -2.12. The van der Waals surface area contributed by atoms with Gasteiger partial charge in [-0.1, -0.05) is 11.6 Å². The maximum atomic E-state index is 12.1. The lowest BCUT2D eigenvalue weighted by Gasteiger charge is -2.12. The van der Waals surface area contributed by atoms with E-state index in [1.54, 1.807) is 36.4 Å². The van der Waals surface area contributed by atoms with Crippen molar-refractivity contribution < 1.29 is 13.2 Å². The summed E-state index contributed by atoms with van der Waals surface area (Å²) in [5, 5.41) is 6.45. The predicted octanol–water partition coefficient (Wildman–Crippen LogP) is 2.59. The lowest BCUT2D eigenvalue weighted by Crippen LogP contribution is -2.21. The number of nitrogens with zero attached hydrogens (tertiary/aromatic N) is 1. The van der Waals surface area contributed by atoms with E-state index in [4.69, 9.17) is 11.6 Å². The molecule has 1 aliphatic heterocycles. The molecule has 8 heteroatoms. The first-order valence-corrected chi connectivity index (χ1v) is 9.61. The van der Waals surface area contributed by atoms with Gasteiger partial charge in [0.15, 0.2) is 9.84 Å². The van der Waals surface area contributed by atoms with Gasteiger partial charge in [0.2, 0.25) is 0 Å². The third-order valence-electron chi connectivity index (χ3n) is 3.70. The molecule has 2 N–H and O–H groups in total. The van der Waals surface area contributed by atoms with Crippen molar-refractivity contribution in [3.05, 3.63) is 53.3 Å². The van der Waals surface area contributed by atoms with Crippen LogP contribution >= 0.6 is 11.6 Å². The molecule has 0 radical (unpaired) electrons. The highest BCUT2D eigenvalue weighted by atomic mass is 35.5. The number of anilines is 2. The normalized spacial score (nSPS) is 19.0. The van der Waals surface area contributed by atoms with Crippen LogP contribution in [0.3, 0.4) is 0 Å². The van der Waals surface area contributed by atoms with Gasteiger partial charge < -0.3 is 10.6 Å². The van der Waals surface area contributed by atoms with Gasteiger partial charge in [0.05, 0.1) is 23.4 Å². The number of nitrogens with one attached hydrogen (secondary N) is 2. The predicted molar refractivity (Wildman–Crippen MR) is 94.3 cm³/mol. The van der Waals surface area contributed by atoms with Crippen LogP contribution in [0.15, 0.2) is 42.6 Å². The molecule has 126 valence electrons. The van der Waals surface area contributed by atoms with Crippen molar-refractivity contribution in [2.45, 2.75) is 12.5 Å². The Kier molecular flexibility index (Phi) is 4.73. The number of halogens is 1. The lowest BCUT2D eigenvalue weighted by molar-refractivity contribution is 0.102. The van der Waals surface area contributed by atoms with E-state index in [1.807, 2.05) is 0 Å². The Bertz CT molecular complexity index is 836. The Labute approximate surface area is 145 Å². The first-order chi connectivity index (χ1) is 11.4. The minimum absolute atomic E-state index is 0.106. The molecule has 2 heterocycles. The minimum Gasteiger partial charge on any atom is -0.380 e. The Morgan fingerprint density at radius 1 is 1.12 bits per heavy atom. The van der Waals surface area contributed by atoms with Gasteiger partial charge in [-0.25, -0.2) is 13.4 Å². The van der Waals surface area contributed by atoms with Crippen molar-refractivity contribution in [2.24, 2.45) is 0 Å². The first-order valence-electron chi connectivity index (χ1n) is 7.41. The molecule has 6 nitrogen and oxygen atoms in total. The number of hydrogen-bond acceptors (Lipinski definition) is 5. The third kappa shape index (κ3) is 4.24. The Balaban J connectivity index is 1.61. The van der Waals surface area contributed by atoms with E-state index in [1.165, 1.54) is 6.20 Å². The molecule has 1 fully saturated rings. The number of pyridine rings is 1. The zero-order valence-corrected chi connectivity index (χ0v) is 14.3. The average Bonchev–Trinajstić information content (AvgIpc) is 2.89. The standard InChI is InChI=1S/C16H16ClN3O3S/c17-11-1-3-12(4-2-11)20-16(21)15-6-5-13(9-18-15)19-14-7-8-24(22,23)10-14/h1-6,9,14,19H,7-8,10H2,(H,20,21). The third-order valence-corrected chi connectivity index (χ3v) is 5.72. The molecule has 1 unspecified atom stereocenters. The summed E-state index contributed by atoms with van der Waals surface area (Å²) >= 11 is 5.80. The highest BCUT2D eigenvalue weighted by molar-refractivity contribution is 7.91. The van der Waals surface area contributed by atoms with E-state index >= 15 is 0 Å². The maximum absolute atomic E-state index is 12.1. The molecule has 0 aliphatic carbocycles. The molecule has 1 atom stereocenters. The second-order valence-electron chi connectivity index (χ2n) is 5.64. The molecule has 1 aromatic carbocycles. The van der Waals surface area contributed by atoms with Gasteiger partial charge >= 0.3 is 0 Å². The minimum atomic E-state index is -2.93. The second kappa shape index (κ2) is 6.78. The zero-order valence-electron chi connectivity index (χ0n) is 12.7. The number of carbonyl (C=O) groups excluding carboxylic acids is 1. The first kappa shape index (κ1) is 16.7. The van der Waals surface area contributed by atoms with E-state index in [0.717, 1.165) is 0 Å². The SMILES string of the molecule is O=C(Nc1ccc(Cl)cc1)c1ccc(NC2CCS(=O)(=O)C2)cn1. The molecule has 1 amide bonds. The fourth-order valence-corrected chi connectivity index (χ4v) is 4.29. The quantitative estimate of drug-likeness (QED) is 0.869. The van der Waals surface area contributed by atoms with E-state index in [0.29, 0.717) is 22.8 Å². The summed E-state index contributed by atoms with van der Waals surface area (Å²) in [6.07, 6.45) is 2.11. The van der Waals surface area contributed by atoms with Crippen LogP contribution in [-0.4, -0.2) is 36.9 Å². The van der Waals surface area contributed by atoms with Crippen LogP contribution < -0.4 is 10.6 Å². The highest BCUT2D eigenvalue weighted by Crippen LogP contribution is 2.18. The zero-order chi connectivity index (χ0) is 17.2. The molecular weight excluding hydrogens is 350 g/mol. The van der Waals surface area contributed by atoms with Crippen LogP contribution in [0.4, 0.5) is 11.4 Å². The fourth-order valence-electron chi connectivity index (χ4n) is 2.49. The molecule has 0 spiro atoms. The van der Waals surface area contributed by atoms with Crippen molar-refractivity contribution >= 4 is 38.7 Å². The molecule has 3 rings (SSSR count). The van der Waals surface area contributed by atoms with E-state index in [9.17, 15) is 13.2 Å². The molecule has 1 aromatic heterocycles. The number of sulfone groups is 1. The van der Waals surface area contributed by atoms with Gasteiger partial charge in [-0.3, -0.25) is 4.79 Å². The highest BCUT2D eigenvalue weighted by Gasteiger charge is 2.27. The lowest BCUT2D eigenvalue weighted by atomic mass is 10.2. The summed E-state index contributed by atoms with van der Waals surface area (Å²) in [5.41, 5.74) is 1.60. The second-order valence-corrected chi connectivity index (χ2v) is 8.30. The van der Waals surface area contributed by atoms with Crippen molar-refractivity contribution in [3.63, 3.8) is 0 Å². The summed E-state index contributed by atoms with van der Waals surface area (Å²) in [6, 6.07) is 9.99. The molecule has 2 aromatic rings. The number of amides is 1. The number of rotatable bonds is 4. The summed E-state index contributed by atoms with van der Waals surface area (Å²) in [5.74, 6) is 0.0122. The summed E-state index contributed by atoms with van der Waals surface area (Å²) in [6.45, 7) is 0. The molecular formula is C16H16ClN3O3S. The maximum Gasteiger partial charge on any atom is 0.274 e. The summed E-state index contributed by atoms with van der Waals surface area (Å²) in [4.78, 5) is 16.3. The van der Waals surface area contributed by atoms with Crippen LogP contribution in [0.1, 0.15) is 16.9 Å². The van der Waals surface area contributed by atoms with E-state index in [-0.39, 0.29) is 29.1 Å². The number of hydrogen-bond donors (Lipinski definition) is 2. The van der Waals surface area contributed by atoms with Crippen LogP contribution in [0.5, 0.6) is 0 Å². The fraction of sp³-hybridized carbons (Fsp3) is 0.250. The van der Waals surface area contributed by atoms with Gasteiger partial charge in [0.1, 0.15) is 5.69 Å². The molecule has 24 heavy (non-hydrogen) atoms. The summed E-state index contributed by atoms with van der Waals surface area (Å²) in [7, 11) is -2.93. The van der Waals surface area contributed by atoms with Crippen molar-refractivity contribution in [1.82, 2.24) is 4.98 Å². The summed E-state index contributed by atoms with van der Waals surface area (Å²) < 4.78 is 22.9. The van der Waals surface area contributed by atoms with E-state index in [2.05, 4.69) is 15.6 Å². The molecule has 0 saturated carbocycles. The Morgan fingerprint density at radius 3 is 2.42 bits per heavy atom. The van der Waals surface area contributed by atoms with Crippen LogP contribution in [0.25, 0.3) is 0 Å².